The molecule has 3 radical (unpaired) electrons. The van der Waals surface area contributed by atoms with Crippen molar-refractivity contribution >= 4 is 53.0 Å². The van der Waals surface area contributed by atoms with Crippen LogP contribution in [0.1, 0.15) is 25.7 Å². The molecule has 0 atom stereocenters. The fourth-order valence-corrected chi connectivity index (χ4v) is 17.0. The zero-order valence-corrected chi connectivity index (χ0v) is 28.6. The second-order valence-electron chi connectivity index (χ2n) is 11.6. The van der Waals surface area contributed by atoms with E-state index in [0.717, 1.165) is 0 Å². The minimum Gasteiger partial charge on any atom is -0.0713 e. The minimum atomic E-state index is -1.21. The molecular formula is C30H52PSi4. The van der Waals surface area contributed by atoms with Crippen molar-refractivity contribution in [3.63, 3.8) is 0 Å². The first kappa shape index (κ1) is 31.0. The van der Waals surface area contributed by atoms with Gasteiger partial charge in [-0.25, -0.2) is 0 Å². The lowest BCUT2D eigenvalue weighted by Crippen LogP contribution is -2.35. The van der Waals surface area contributed by atoms with Crippen molar-refractivity contribution in [3.05, 3.63) is 60.7 Å². The molecule has 0 fully saturated rings. The van der Waals surface area contributed by atoms with E-state index in [0.29, 0.717) is 0 Å². The Hall–Kier alpha value is -0.262. The first-order valence-electron chi connectivity index (χ1n) is 14.1. The van der Waals surface area contributed by atoms with Gasteiger partial charge in [-0.2, -0.15) is 0 Å². The molecule has 0 spiro atoms. The molecule has 0 N–H and O–H groups in total. The Morgan fingerprint density at radius 1 is 0.514 bits per heavy atom. The molecule has 0 aliphatic heterocycles. The Kier molecular flexibility index (Phi) is 15.3. The molecule has 0 bridgehead atoms. The summed E-state index contributed by atoms with van der Waals surface area (Å²) in [7, 11) is -1.72. The summed E-state index contributed by atoms with van der Waals surface area (Å²) < 4.78 is 0. The highest BCUT2D eigenvalue weighted by Crippen LogP contribution is 2.39. The van der Waals surface area contributed by atoms with Crippen LogP contribution in [-0.4, -0.2) is 40.6 Å². The third kappa shape index (κ3) is 12.7. The van der Waals surface area contributed by atoms with E-state index < -0.39 is 8.07 Å². The van der Waals surface area contributed by atoms with Gasteiger partial charge in [-0.05, 0) is 24.7 Å². The molecule has 0 amide bonds. The van der Waals surface area contributed by atoms with Gasteiger partial charge in [-0.3, -0.25) is 0 Å². The van der Waals surface area contributed by atoms with Crippen LogP contribution in [-0.2, 0) is 0 Å². The fourth-order valence-electron chi connectivity index (χ4n) is 5.44. The Morgan fingerprint density at radius 2 is 0.857 bits per heavy atom. The molecule has 0 aliphatic rings. The zero-order chi connectivity index (χ0) is 25.5. The normalized spacial score (nSPS) is 12.4. The Balaban J connectivity index is 2.16. The predicted octanol–water partition coefficient (Wildman–Crippen LogP) is 9.39. The van der Waals surface area contributed by atoms with Gasteiger partial charge in [-0.15, -0.1) is 0 Å². The van der Waals surface area contributed by atoms with Crippen LogP contribution in [0, 0.1) is 0 Å². The summed E-state index contributed by atoms with van der Waals surface area (Å²) in [4.78, 5) is 0. The molecule has 2 rings (SSSR count). The SMILES string of the molecule is C[Si](C)CCC[Si](CCC[Si](C)C)(CCC[Si](C)C)CCCP(c1ccccc1)c1ccccc1. The summed E-state index contributed by atoms with van der Waals surface area (Å²) in [6, 6.07) is 33.9. The van der Waals surface area contributed by atoms with E-state index in [1.807, 2.05) is 0 Å². The Morgan fingerprint density at radius 3 is 1.20 bits per heavy atom. The van der Waals surface area contributed by atoms with E-state index in [1.165, 1.54) is 50.0 Å². The van der Waals surface area contributed by atoms with Gasteiger partial charge in [0.1, 0.15) is 0 Å². The van der Waals surface area contributed by atoms with Crippen LogP contribution in [0.3, 0.4) is 0 Å². The van der Waals surface area contributed by atoms with Gasteiger partial charge in [0.15, 0.2) is 0 Å². The largest absolute Gasteiger partial charge is 0.0713 e. The monoisotopic (exact) mass is 555 g/mol. The highest BCUT2D eigenvalue weighted by atomic mass is 31.1. The maximum atomic E-state index is 2.52. The molecule has 0 saturated carbocycles. The first-order chi connectivity index (χ1) is 16.8. The maximum Gasteiger partial charge on any atom is 0.0535 e. The fraction of sp³-hybridized carbons (Fsp3) is 0.600. The lowest BCUT2D eigenvalue weighted by molar-refractivity contribution is 0.874. The van der Waals surface area contributed by atoms with Gasteiger partial charge in [-0.1, -0.05) is 168 Å². The highest BCUT2D eigenvalue weighted by Gasteiger charge is 2.31. The Bertz CT molecular complexity index is 704. The molecule has 0 nitrogen and oxygen atoms in total. The summed E-state index contributed by atoms with van der Waals surface area (Å²) in [5, 5.41) is 3.14. The van der Waals surface area contributed by atoms with Gasteiger partial charge in [0.05, 0.1) is 8.07 Å². The quantitative estimate of drug-likeness (QED) is 0.127. The summed E-state index contributed by atoms with van der Waals surface area (Å²) in [5.41, 5.74) is 0. The van der Waals surface area contributed by atoms with Gasteiger partial charge in [0.25, 0.3) is 0 Å². The molecule has 2 aromatic rings. The van der Waals surface area contributed by atoms with Crippen molar-refractivity contribution in [3.8, 4) is 0 Å². The maximum absolute atomic E-state index is 2.52. The van der Waals surface area contributed by atoms with Crippen molar-refractivity contribution in [2.24, 2.45) is 0 Å². The average molecular weight is 556 g/mol. The highest BCUT2D eigenvalue weighted by molar-refractivity contribution is 7.73. The molecule has 193 valence electrons. The van der Waals surface area contributed by atoms with Crippen molar-refractivity contribution in [1.29, 1.82) is 0 Å². The van der Waals surface area contributed by atoms with Crippen LogP contribution in [0.5, 0.6) is 0 Å². The van der Waals surface area contributed by atoms with E-state index >= 15 is 0 Å². The summed E-state index contributed by atoms with van der Waals surface area (Å²) in [5.74, 6) is 0. The average Bonchev–Trinajstić information content (AvgIpc) is 2.82. The van der Waals surface area contributed by atoms with Crippen molar-refractivity contribution in [2.75, 3.05) is 6.16 Å². The zero-order valence-electron chi connectivity index (χ0n) is 23.7. The minimum absolute atomic E-state index is 0.0926. The number of hydrogen-bond acceptors (Lipinski definition) is 0. The number of hydrogen-bond donors (Lipinski definition) is 0. The molecule has 5 heteroatoms. The lowest BCUT2D eigenvalue weighted by Gasteiger charge is -2.34. The van der Waals surface area contributed by atoms with Crippen LogP contribution in [0.25, 0.3) is 0 Å². The predicted molar refractivity (Wildman–Crippen MR) is 174 cm³/mol. The third-order valence-electron chi connectivity index (χ3n) is 7.38. The van der Waals surface area contributed by atoms with E-state index in [4.69, 9.17) is 0 Å². The topological polar surface area (TPSA) is 0 Å². The van der Waals surface area contributed by atoms with Gasteiger partial charge < -0.3 is 0 Å². The summed E-state index contributed by atoms with van der Waals surface area (Å²) in [6.07, 6.45) is 7.43. The van der Waals surface area contributed by atoms with E-state index in [-0.39, 0.29) is 34.3 Å². The van der Waals surface area contributed by atoms with Crippen molar-refractivity contribution < 1.29 is 0 Å². The van der Waals surface area contributed by atoms with E-state index in [1.54, 1.807) is 34.8 Å². The van der Waals surface area contributed by atoms with Crippen LogP contribution >= 0.6 is 7.92 Å². The molecule has 2 aromatic carbocycles. The van der Waals surface area contributed by atoms with Crippen LogP contribution in [0.4, 0.5) is 0 Å². The molecule has 0 aliphatic carbocycles. The smallest absolute Gasteiger partial charge is 0.0535 e. The van der Waals surface area contributed by atoms with Crippen LogP contribution in [0.2, 0.25) is 81.6 Å². The number of rotatable bonds is 18. The summed E-state index contributed by atoms with van der Waals surface area (Å²) in [6.45, 7) is 15.1. The van der Waals surface area contributed by atoms with E-state index in [2.05, 4.69) is 99.9 Å². The van der Waals surface area contributed by atoms with Crippen molar-refractivity contribution in [1.82, 2.24) is 0 Å². The van der Waals surface area contributed by atoms with Crippen LogP contribution in [0.15, 0.2) is 60.7 Å². The standard InChI is InChI=1S/C30H52PSi4/c1-32(2)22-14-26-35(27-15-23-33(3)4,28-16-24-34(5)6)25-13-21-31(29-17-9-7-10-18-29)30-19-11-8-12-20-30/h7-12,17-20H,13-16,21-28H2,1-6H3. The molecule has 0 aromatic heterocycles. The molecule has 0 saturated heterocycles. The van der Waals surface area contributed by atoms with E-state index in [9.17, 15) is 0 Å². The van der Waals surface area contributed by atoms with Crippen molar-refractivity contribution in [2.45, 2.75) is 107 Å². The molecular weight excluding hydrogens is 504 g/mol. The first-order valence-corrected chi connectivity index (χ1v) is 26.5. The Labute approximate surface area is 226 Å². The molecule has 35 heavy (non-hydrogen) atoms. The van der Waals surface area contributed by atoms with Crippen LogP contribution < -0.4 is 10.6 Å². The third-order valence-corrected chi connectivity index (χ3v) is 19.7. The summed E-state index contributed by atoms with van der Waals surface area (Å²) >= 11 is 0. The van der Waals surface area contributed by atoms with Gasteiger partial charge >= 0.3 is 0 Å². The van der Waals surface area contributed by atoms with Gasteiger partial charge in [0.2, 0.25) is 0 Å². The number of benzene rings is 2. The second kappa shape index (κ2) is 17.3. The molecule has 0 unspecified atom stereocenters. The lowest BCUT2D eigenvalue weighted by atomic mass is 10.4. The molecule has 0 heterocycles. The van der Waals surface area contributed by atoms with Gasteiger partial charge in [0, 0.05) is 26.4 Å². The second-order valence-corrected chi connectivity index (χ2v) is 27.7.